The minimum atomic E-state index is -0.928. The van der Waals surface area contributed by atoms with Gasteiger partial charge >= 0.3 is 0 Å². The van der Waals surface area contributed by atoms with E-state index < -0.39 is 35.3 Å². The van der Waals surface area contributed by atoms with Crippen molar-refractivity contribution in [2.24, 2.45) is 5.41 Å². The highest BCUT2D eigenvalue weighted by Gasteiger charge is 2.44. The average molecular weight is 807 g/mol. The van der Waals surface area contributed by atoms with Gasteiger partial charge in [0.25, 0.3) is 0 Å². The van der Waals surface area contributed by atoms with Crippen LogP contribution in [0.15, 0.2) is 53.4 Å². The van der Waals surface area contributed by atoms with Crippen LogP contribution in [0.25, 0.3) is 21.7 Å². The molecule has 2 aromatic heterocycles. The third-order valence-corrected chi connectivity index (χ3v) is 12.0. The maximum absolute atomic E-state index is 15.0. The molecule has 4 atom stereocenters. The first-order chi connectivity index (χ1) is 26.8. The number of aryl methyl sites for hydroxylation is 1. The van der Waals surface area contributed by atoms with Crippen LogP contribution >= 0.6 is 22.7 Å². The van der Waals surface area contributed by atoms with E-state index in [1.807, 2.05) is 69.8 Å². The highest BCUT2D eigenvalue weighted by atomic mass is 32.1. The van der Waals surface area contributed by atoms with Crippen molar-refractivity contribution >= 4 is 45.5 Å². The summed E-state index contributed by atoms with van der Waals surface area (Å²) >= 11 is 3.10. The quantitative estimate of drug-likeness (QED) is 0.128. The number of hydrogen-bond acceptors (Lipinski definition) is 11. The number of nitrogens with zero attached hydrogens (tertiary/aromatic N) is 4. The van der Waals surface area contributed by atoms with Crippen molar-refractivity contribution in [3.63, 3.8) is 0 Å². The maximum Gasteiger partial charge on any atom is 0.246 e. The Morgan fingerprint density at radius 1 is 1.05 bits per heavy atom. The lowest BCUT2D eigenvalue weighted by atomic mass is 9.85. The molecule has 2 aromatic carbocycles. The average Bonchev–Trinajstić information content (AvgIpc) is 3.94. The number of nitrogens with one attached hydrogen (secondary N) is 2. The number of halogens is 1. The fourth-order valence-electron chi connectivity index (χ4n) is 6.89. The number of likely N-dealkylation sites (tertiary alicyclic amines) is 1. The summed E-state index contributed by atoms with van der Waals surface area (Å²) in [6.07, 6.45) is 0.304. The molecule has 4 aromatic rings. The van der Waals surface area contributed by atoms with Crippen molar-refractivity contribution in [2.75, 3.05) is 44.4 Å². The Balaban J connectivity index is 0.977. The molecule has 56 heavy (non-hydrogen) atoms. The third-order valence-electron chi connectivity index (χ3n) is 10.1. The van der Waals surface area contributed by atoms with E-state index in [0.717, 1.165) is 39.9 Å². The van der Waals surface area contributed by atoms with Crippen LogP contribution in [0, 0.1) is 18.2 Å². The second-order valence-electron chi connectivity index (χ2n) is 15.4. The maximum atomic E-state index is 15.0. The minimum Gasteiger partial charge on any atom is -0.491 e. The number of anilines is 1. The molecule has 2 saturated heterocycles. The Labute approximate surface area is 335 Å². The summed E-state index contributed by atoms with van der Waals surface area (Å²) in [5.74, 6) is -1.47. The van der Waals surface area contributed by atoms with Crippen molar-refractivity contribution < 1.29 is 33.4 Å². The molecule has 0 saturated carbocycles. The largest absolute Gasteiger partial charge is 0.491 e. The number of thiazole rings is 2. The Hall–Kier alpha value is -4.44. The number of β-amino-alcohol motifs (C(OH)–C–C–N with tert-alkyl or cyclic N) is 1. The number of carbonyl (C=O) groups excluding carboxylic acids is 3. The number of benzene rings is 2. The van der Waals surface area contributed by atoms with Gasteiger partial charge in [0.15, 0.2) is 16.7 Å². The van der Waals surface area contributed by atoms with E-state index in [9.17, 15) is 23.9 Å². The topological polar surface area (TPSA) is 146 Å². The zero-order chi connectivity index (χ0) is 40.0. The van der Waals surface area contributed by atoms with Crippen LogP contribution < -0.4 is 20.3 Å². The molecule has 12 nitrogen and oxygen atoms in total. The fourth-order valence-corrected chi connectivity index (χ4v) is 8.59. The number of aromatic nitrogens is 2. The standard InChI is InChI=1S/C41H51FN6O6S2/c1-25(27-9-11-28(12-10-27)36-26(2)43-24-56-36)44-38(51)33-21-30(49)22-48(33)39(52)37(41(3,4)5)46-35(50)8-6-7-17-54-34-14-13-29(20-31(34)42)32-23-55-40(45-32)47-15-18-53-19-16-47/h9-14,20,23-25,30,33,37,49H,6-8,15-19,21-22H2,1-5H3,(H,44,51)(H,46,50). The Kier molecular flexibility index (Phi) is 13.4. The molecule has 0 bridgehead atoms. The predicted octanol–water partition coefficient (Wildman–Crippen LogP) is 6.14. The monoisotopic (exact) mass is 806 g/mol. The van der Waals surface area contributed by atoms with Crippen molar-refractivity contribution in [3.8, 4) is 27.4 Å². The molecule has 2 aliphatic rings. The number of morpholine rings is 1. The van der Waals surface area contributed by atoms with Gasteiger partial charge < -0.3 is 35.0 Å². The van der Waals surface area contributed by atoms with Gasteiger partial charge in [0.1, 0.15) is 12.1 Å². The van der Waals surface area contributed by atoms with Gasteiger partial charge in [-0.2, -0.15) is 0 Å². The second kappa shape index (κ2) is 18.2. The van der Waals surface area contributed by atoms with E-state index in [-0.39, 0.29) is 49.6 Å². The molecule has 4 heterocycles. The SMILES string of the molecule is Cc1ncsc1-c1ccc(C(C)NC(=O)C2CC(O)CN2C(=O)C(NC(=O)CCCCOc2ccc(-c3csc(N4CCOCC4)n3)cc2F)C(C)(C)C)cc1. The molecule has 300 valence electrons. The first-order valence-electron chi connectivity index (χ1n) is 19.1. The minimum absolute atomic E-state index is 0.00915. The number of ether oxygens (including phenoxy) is 2. The van der Waals surface area contributed by atoms with E-state index in [1.54, 1.807) is 23.5 Å². The van der Waals surface area contributed by atoms with Crippen LogP contribution in [0.1, 0.15) is 70.7 Å². The summed E-state index contributed by atoms with van der Waals surface area (Å²) in [5.41, 5.74) is 5.42. The number of hydrogen-bond donors (Lipinski definition) is 3. The highest BCUT2D eigenvalue weighted by molar-refractivity contribution is 7.14. The molecule has 0 radical (unpaired) electrons. The molecule has 6 rings (SSSR count). The van der Waals surface area contributed by atoms with E-state index in [4.69, 9.17) is 9.47 Å². The zero-order valence-electron chi connectivity index (χ0n) is 32.5. The van der Waals surface area contributed by atoms with Gasteiger partial charge in [0.05, 0.1) is 53.7 Å². The van der Waals surface area contributed by atoms with Crippen LogP contribution in [-0.4, -0.2) is 95.3 Å². The summed E-state index contributed by atoms with van der Waals surface area (Å²) < 4.78 is 26.1. The molecular weight excluding hydrogens is 756 g/mol. The molecular formula is C41H51FN6O6S2. The van der Waals surface area contributed by atoms with Crippen LogP contribution in [0.4, 0.5) is 9.52 Å². The van der Waals surface area contributed by atoms with Gasteiger partial charge in [-0.1, -0.05) is 45.0 Å². The summed E-state index contributed by atoms with van der Waals surface area (Å²) in [6.45, 7) is 12.5. The number of amides is 3. The van der Waals surface area contributed by atoms with Gasteiger partial charge in [0, 0.05) is 43.4 Å². The van der Waals surface area contributed by atoms with Gasteiger partial charge in [-0.25, -0.2) is 14.4 Å². The number of unbranched alkanes of at least 4 members (excludes halogenated alkanes) is 1. The normalized spacial score (nSPS) is 18.4. The van der Waals surface area contributed by atoms with Crippen molar-refractivity contribution in [3.05, 3.63) is 70.4 Å². The summed E-state index contributed by atoms with van der Waals surface area (Å²) in [4.78, 5) is 54.4. The Bertz CT molecular complexity index is 1970. The van der Waals surface area contributed by atoms with E-state index >= 15 is 0 Å². The molecule has 2 fully saturated rings. The number of aliphatic hydroxyl groups is 1. The molecule has 3 N–H and O–H groups in total. The van der Waals surface area contributed by atoms with E-state index in [2.05, 4.69) is 25.5 Å². The van der Waals surface area contributed by atoms with E-state index in [1.165, 1.54) is 22.3 Å². The van der Waals surface area contributed by atoms with Gasteiger partial charge in [-0.15, -0.1) is 22.7 Å². The van der Waals surface area contributed by atoms with Crippen molar-refractivity contribution in [1.29, 1.82) is 0 Å². The molecule has 2 aliphatic heterocycles. The van der Waals surface area contributed by atoms with Crippen molar-refractivity contribution in [2.45, 2.75) is 84.5 Å². The summed E-state index contributed by atoms with van der Waals surface area (Å²) in [6, 6.07) is 10.6. The first kappa shape index (κ1) is 41.2. The summed E-state index contributed by atoms with van der Waals surface area (Å²) in [7, 11) is 0. The lowest BCUT2D eigenvalue weighted by molar-refractivity contribution is -0.144. The molecule has 0 aliphatic carbocycles. The predicted molar refractivity (Wildman–Crippen MR) is 216 cm³/mol. The molecule has 4 unspecified atom stereocenters. The van der Waals surface area contributed by atoms with Gasteiger partial charge in [0.2, 0.25) is 17.7 Å². The molecule has 0 spiro atoms. The van der Waals surface area contributed by atoms with Crippen LogP contribution in [0.5, 0.6) is 5.75 Å². The zero-order valence-corrected chi connectivity index (χ0v) is 34.2. The number of aliphatic hydroxyl groups excluding tert-OH is 1. The smallest absolute Gasteiger partial charge is 0.246 e. The van der Waals surface area contributed by atoms with Crippen molar-refractivity contribution in [1.82, 2.24) is 25.5 Å². The molecule has 15 heteroatoms. The Morgan fingerprint density at radius 3 is 2.46 bits per heavy atom. The summed E-state index contributed by atoms with van der Waals surface area (Å²) in [5, 5.41) is 19.3. The van der Waals surface area contributed by atoms with Crippen LogP contribution in [-0.2, 0) is 19.1 Å². The molecule has 3 amide bonds. The first-order valence-corrected chi connectivity index (χ1v) is 20.8. The Morgan fingerprint density at radius 2 is 1.79 bits per heavy atom. The van der Waals surface area contributed by atoms with E-state index in [0.29, 0.717) is 37.3 Å². The van der Waals surface area contributed by atoms with Crippen LogP contribution in [0.3, 0.4) is 0 Å². The van der Waals surface area contributed by atoms with Crippen LogP contribution in [0.2, 0.25) is 0 Å². The third kappa shape index (κ3) is 10.1. The lowest BCUT2D eigenvalue weighted by Gasteiger charge is -2.35. The lowest BCUT2D eigenvalue weighted by Crippen LogP contribution is -2.57. The van der Waals surface area contributed by atoms with Gasteiger partial charge in [-0.3, -0.25) is 14.4 Å². The fraction of sp³-hybridized carbons (Fsp3) is 0.488. The highest BCUT2D eigenvalue weighted by Crippen LogP contribution is 2.32. The second-order valence-corrected chi connectivity index (χ2v) is 17.1. The van der Waals surface area contributed by atoms with Gasteiger partial charge in [-0.05, 0) is 61.4 Å². The number of carbonyl (C=O) groups is 3. The number of rotatable bonds is 14.